The molecule has 1 aromatic carbocycles. The number of hydrogen-bond acceptors (Lipinski definition) is 3. The van der Waals surface area contributed by atoms with Gasteiger partial charge in [-0.1, -0.05) is 32.0 Å². The number of rotatable bonds is 5. The Labute approximate surface area is 123 Å². The molecule has 0 saturated heterocycles. The number of aldehydes is 1. The summed E-state index contributed by atoms with van der Waals surface area (Å²) in [6.07, 6.45) is 4.45. The molecule has 3 rings (SSSR count). The van der Waals surface area contributed by atoms with Gasteiger partial charge in [0.15, 0.2) is 12.0 Å². The predicted octanol–water partition coefficient (Wildman–Crippen LogP) is 4.08. The molecule has 2 heterocycles. The molecule has 0 fully saturated rings. The van der Waals surface area contributed by atoms with Crippen molar-refractivity contribution in [2.75, 3.05) is 0 Å². The van der Waals surface area contributed by atoms with Crippen molar-refractivity contribution in [3.05, 3.63) is 41.6 Å². The summed E-state index contributed by atoms with van der Waals surface area (Å²) in [5.41, 5.74) is 3.17. The second kappa shape index (κ2) is 5.56. The minimum atomic E-state index is 0.581. The van der Waals surface area contributed by atoms with Gasteiger partial charge >= 0.3 is 0 Å². The van der Waals surface area contributed by atoms with Gasteiger partial charge in [-0.25, -0.2) is 0 Å². The highest BCUT2D eigenvalue weighted by Gasteiger charge is 2.20. The fourth-order valence-electron chi connectivity index (χ4n) is 2.68. The van der Waals surface area contributed by atoms with Crippen LogP contribution in [-0.4, -0.2) is 16.1 Å². The van der Waals surface area contributed by atoms with Gasteiger partial charge in [0.2, 0.25) is 0 Å². The predicted molar refractivity (Wildman–Crippen MR) is 82.5 cm³/mol. The van der Waals surface area contributed by atoms with E-state index in [1.165, 1.54) is 0 Å². The molecule has 0 aliphatic rings. The summed E-state index contributed by atoms with van der Waals surface area (Å²) in [4.78, 5) is 11.3. The monoisotopic (exact) mass is 282 g/mol. The van der Waals surface area contributed by atoms with E-state index in [1.54, 1.807) is 6.20 Å². The van der Waals surface area contributed by atoms with Gasteiger partial charge in [-0.05, 0) is 18.9 Å². The van der Waals surface area contributed by atoms with Gasteiger partial charge in [-0.15, -0.1) is 0 Å². The first-order valence-corrected chi connectivity index (χ1v) is 7.31. The highest BCUT2D eigenvalue weighted by atomic mass is 16.3. The van der Waals surface area contributed by atoms with Crippen molar-refractivity contribution in [3.63, 3.8) is 0 Å². The topological polar surface area (TPSA) is 48.0 Å². The zero-order valence-electron chi connectivity index (χ0n) is 12.3. The minimum Gasteiger partial charge on any atom is -0.454 e. The Bertz CT molecular complexity index is 783. The molecule has 108 valence electrons. The number of para-hydroxylation sites is 1. The van der Waals surface area contributed by atoms with Crippen LogP contribution in [0.3, 0.4) is 0 Å². The molecule has 0 bridgehead atoms. The Morgan fingerprint density at radius 1 is 1.29 bits per heavy atom. The smallest absolute Gasteiger partial charge is 0.159 e. The molecule has 0 atom stereocenters. The lowest BCUT2D eigenvalue weighted by Crippen LogP contribution is -1.97. The van der Waals surface area contributed by atoms with E-state index in [2.05, 4.69) is 18.9 Å². The summed E-state index contributed by atoms with van der Waals surface area (Å²) in [5.74, 6) is 0.718. The van der Waals surface area contributed by atoms with Crippen LogP contribution in [0.2, 0.25) is 0 Å². The average Bonchev–Trinajstić information content (AvgIpc) is 3.07. The third kappa shape index (κ3) is 2.27. The summed E-state index contributed by atoms with van der Waals surface area (Å²) >= 11 is 0. The lowest BCUT2D eigenvalue weighted by molar-refractivity contribution is 0.112. The fraction of sp³-hybridized carbons (Fsp3) is 0.294. The second-order valence-corrected chi connectivity index (χ2v) is 5.07. The number of carbonyl (C=O) groups is 1. The van der Waals surface area contributed by atoms with Crippen LogP contribution in [-0.2, 0) is 13.0 Å². The Kier molecular flexibility index (Phi) is 3.60. The van der Waals surface area contributed by atoms with Gasteiger partial charge in [0, 0.05) is 23.7 Å². The van der Waals surface area contributed by atoms with Crippen molar-refractivity contribution >= 4 is 17.3 Å². The van der Waals surface area contributed by atoms with E-state index in [9.17, 15) is 4.79 Å². The first-order valence-electron chi connectivity index (χ1n) is 7.31. The third-order valence-corrected chi connectivity index (χ3v) is 3.64. The molecule has 0 radical (unpaired) electrons. The van der Waals surface area contributed by atoms with Crippen molar-refractivity contribution in [1.82, 2.24) is 9.78 Å². The van der Waals surface area contributed by atoms with Crippen LogP contribution < -0.4 is 0 Å². The number of fused-ring (bicyclic) bond motifs is 1. The molecule has 0 saturated carbocycles. The number of aryl methyl sites for hydroxylation is 2. The summed E-state index contributed by atoms with van der Waals surface area (Å²) in [5, 5.41) is 5.63. The molecule has 0 N–H and O–H groups in total. The first kappa shape index (κ1) is 13.6. The van der Waals surface area contributed by atoms with E-state index < -0.39 is 0 Å². The highest BCUT2D eigenvalue weighted by molar-refractivity contribution is 5.91. The van der Waals surface area contributed by atoms with Crippen molar-refractivity contribution in [2.24, 2.45) is 0 Å². The fourth-order valence-corrected chi connectivity index (χ4v) is 2.68. The average molecular weight is 282 g/mol. The van der Waals surface area contributed by atoms with E-state index in [0.29, 0.717) is 11.3 Å². The summed E-state index contributed by atoms with van der Waals surface area (Å²) in [6, 6.07) is 7.94. The molecule has 0 amide bonds. The largest absolute Gasteiger partial charge is 0.454 e. The molecule has 0 unspecified atom stereocenters. The number of hydrogen-bond donors (Lipinski definition) is 0. The number of benzene rings is 1. The molecule has 21 heavy (non-hydrogen) atoms. The van der Waals surface area contributed by atoms with E-state index >= 15 is 0 Å². The standard InChI is InChI=1S/C17H18N2O2/c1-3-9-19-10-12(11-20)16(18-19)17-13(4-2)14-7-5-6-8-15(14)21-17/h5-8,10-11H,3-4,9H2,1-2H3. The van der Waals surface area contributed by atoms with E-state index in [0.717, 1.165) is 48.0 Å². The maximum atomic E-state index is 11.3. The van der Waals surface area contributed by atoms with Gasteiger partial charge in [0.05, 0.1) is 5.56 Å². The molecular weight excluding hydrogens is 264 g/mol. The zero-order chi connectivity index (χ0) is 14.8. The van der Waals surface area contributed by atoms with Crippen molar-refractivity contribution in [2.45, 2.75) is 33.2 Å². The number of furan rings is 1. The highest BCUT2D eigenvalue weighted by Crippen LogP contribution is 2.34. The van der Waals surface area contributed by atoms with E-state index in [4.69, 9.17) is 4.42 Å². The summed E-state index contributed by atoms with van der Waals surface area (Å²) < 4.78 is 7.79. The molecule has 4 nitrogen and oxygen atoms in total. The van der Waals surface area contributed by atoms with Gasteiger partial charge in [0.25, 0.3) is 0 Å². The minimum absolute atomic E-state index is 0.581. The van der Waals surface area contributed by atoms with Crippen molar-refractivity contribution < 1.29 is 9.21 Å². The van der Waals surface area contributed by atoms with Gasteiger partial charge in [-0.2, -0.15) is 5.10 Å². The van der Waals surface area contributed by atoms with Crippen LogP contribution in [0.4, 0.5) is 0 Å². The maximum absolute atomic E-state index is 11.3. The van der Waals surface area contributed by atoms with Crippen LogP contribution in [0, 0.1) is 0 Å². The third-order valence-electron chi connectivity index (χ3n) is 3.64. The zero-order valence-corrected chi connectivity index (χ0v) is 12.3. The molecule has 3 aromatic rings. The van der Waals surface area contributed by atoms with Crippen LogP contribution in [0.15, 0.2) is 34.9 Å². The summed E-state index contributed by atoms with van der Waals surface area (Å²) in [7, 11) is 0. The van der Waals surface area contributed by atoms with Gasteiger partial charge in [0.1, 0.15) is 11.3 Å². The van der Waals surface area contributed by atoms with Crippen LogP contribution >= 0.6 is 0 Å². The Morgan fingerprint density at radius 3 is 2.81 bits per heavy atom. The summed E-state index contributed by atoms with van der Waals surface area (Å²) in [6.45, 7) is 4.97. The molecule has 0 aliphatic carbocycles. The molecule has 0 spiro atoms. The van der Waals surface area contributed by atoms with Crippen LogP contribution in [0.25, 0.3) is 22.4 Å². The number of carbonyl (C=O) groups excluding carboxylic acids is 1. The van der Waals surface area contributed by atoms with Crippen LogP contribution in [0.1, 0.15) is 36.2 Å². The van der Waals surface area contributed by atoms with Crippen molar-refractivity contribution in [3.8, 4) is 11.5 Å². The lowest BCUT2D eigenvalue weighted by Gasteiger charge is -1.98. The number of nitrogens with zero attached hydrogens (tertiary/aromatic N) is 2. The van der Waals surface area contributed by atoms with Crippen molar-refractivity contribution in [1.29, 1.82) is 0 Å². The van der Waals surface area contributed by atoms with E-state index in [1.807, 2.05) is 28.9 Å². The molecular formula is C17H18N2O2. The Morgan fingerprint density at radius 2 is 2.10 bits per heavy atom. The lowest BCUT2D eigenvalue weighted by atomic mass is 10.1. The second-order valence-electron chi connectivity index (χ2n) is 5.07. The quantitative estimate of drug-likeness (QED) is 0.662. The normalized spacial score (nSPS) is 11.1. The molecule has 0 aliphatic heterocycles. The van der Waals surface area contributed by atoms with E-state index in [-0.39, 0.29) is 0 Å². The van der Waals surface area contributed by atoms with Gasteiger partial charge < -0.3 is 4.42 Å². The Balaban J connectivity index is 2.22. The van der Waals surface area contributed by atoms with Gasteiger partial charge in [-0.3, -0.25) is 9.48 Å². The molecule has 4 heteroatoms. The SMILES string of the molecule is CCCn1cc(C=O)c(-c2oc3ccccc3c2CC)n1. The number of aromatic nitrogens is 2. The van der Waals surface area contributed by atoms with Crippen LogP contribution in [0.5, 0.6) is 0 Å². The molecule has 2 aromatic heterocycles. The maximum Gasteiger partial charge on any atom is 0.159 e. The first-order chi connectivity index (χ1) is 10.3. The Hall–Kier alpha value is -2.36.